The number of hydrogen-bond acceptors (Lipinski definition) is 4. The number of rotatable bonds is 6. The van der Waals surface area contributed by atoms with E-state index in [0.717, 1.165) is 0 Å². The molecule has 23 heavy (non-hydrogen) atoms. The smallest absolute Gasteiger partial charge is 0.251 e. The highest BCUT2D eigenvalue weighted by molar-refractivity contribution is 6.31. The number of hydrogen-bond donors (Lipinski definition) is 1. The van der Waals surface area contributed by atoms with Crippen LogP contribution in [0.5, 0.6) is 11.5 Å². The van der Waals surface area contributed by atoms with Gasteiger partial charge in [-0.15, -0.1) is 0 Å². The van der Waals surface area contributed by atoms with Crippen molar-refractivity contribution >= 4 is 23.3 Å². The molecule has 2 aromatic rings. The SMILES string of the molecule is COc1cc(OC)cc(C(=O)NCC(=O)c2cccc(Cl)c2)c1. The summed E-state index contributed by atoms with van der Waals surface area (Å²) in [6.07, 6.45) is 0. The zero-order valence-corrected chi connectivity index (χ0v) is 13.5. The van der Waals surface area contributed by atoms with E-state index >= 15 is 0 Å². The van der Waals surface area contributed by atoms with Crippen LogP contribution in [0.2, 0.25) is 5.02 Å². The summed E-state index contributed by atoms with van der Waals surface area (Å²) in [7, 11) is 3.00. The third-order valence-electron chi connectivity index (χ3n) is 3.17. The highest BCUT2D eigenvalue weighted by Crippen LogP contribution is 2.22. The lowest BCUT2D eigenvalue weighted by Gasteiger charge is -2.09. The highest BCUT2D eigenvalue weighted by atomic mass is 35.5. The zero-order valence-electron chi connectivity index (χ0n) is 12.8. The second-order valence-corrected chi connectivity index (χ2v) is 5.15. The molecule has 1 N–H and O–H groups in total. The lowest BCUT2D eigenvalue weighted by atomic mass is 10.1. The molecular weight excluding hydrogens is 318 g/mol. The Kier molecular flexibility index (Phi) is 5.60. The van der Waals surface area contributed by atoms with Crippen LogP contribution in [-0.2, 0) is 0 Å². The van der Waals surface area contributed by atoms with E-state index < -0.39 is 5.91 Å². The van der Waals surface area contributed by atoms with Crippen LogP contribution in [0.1, 0.15) is 20.7 Å². The van der Waals surface area contributed by atoms with E-state index in [0.29, 0.717) is 27.6 Å². The molecular formula is C17H16ClNO4. The number of ketones is 1. The Morgan fingerprint density at radius 3 is 2.22 bits per heavy atom. The molecule has 0 atom stereocenters. The minimum Gasteiger partial charge on any atom is -0.497 e. The van der Waals surface area contributed by atoms with Crippen LogP contribution >= 0.6 is 11.6 Å². The number of Topliss-reactive ketones (excluding diaryl/α,β-unsaturated/α-hetero) is 1. The first-order valence-corrected chi connectivity index (χ1v) is 7.21. The van der Waals surface area contributed by atoms with Gasteiger partial charge in [0, 0.05) is 22.2 Å². The monoisotopic (exact) mass is 333 g/mol. The Labute approximate surface area is 139 Å². The van der Waals surface area contributed by atoms with Crippen molar-refractivity contribution in [3.63, 3.8) is 0 Å². The molecule has 0 aromatic heterocycles. The maximum atomic E-state index is 12.2. The molecule has 0 aliphatic carbocycles. The molecule has 0 fully saturated rings. The molecule has 120 valence electrons. The van der Waals surface area contributed by atoms with Crippen LogP contribution < -0.4 is 14.8 Å². The summed E-state index contributed by atoms with van der Waals surface area (Å²) < 4.78 is 10.2. The average Bonchev–Trinajstić information content (AvgIpc) is 2.58. The number of amides is 1. The van der Waals surface area contributed by atoms with Gasteiger partial charge >= 0.3 is 0 Å². The van der Waals surface area contributed by atoms with Crippen LogP contribution in [-0.4, -0.2) is 32.5 Å². The van der Waals surface area contributed by atoms with E-state index in [9.17, 15) is 9.59 Å². The predicted octanol–water partition coefficient (Wildman–Crippen LogP) is 2.97. The molecule has 0 aliphatic rings. The first-order chi connectivity index (χ1) is 11.0. The third-order valence-corrected chi connectivity index (χ3v) is 3.40. The van der Waals surface area contributed by atoms with E-state index in [1.54, 1.807) is 42.5 Å². The first kappa shape index (κ1) is 16.8. The quantitative estimate of drug-likeness (QED) is 0.825. The number of methoxy groups -OCH3 is 2. The molecule has 0 spiro atoms. The highest BCUT2D eigenvalue weighted by Gasteiger charge is 2.12. The van der Waals surface area contributed by atoms with Crippen molar-refractivity contribution in [1.82, 2.24) is 5.32 Å². The summed E-state index contributed by atoms with van der Waals surface area (Å²) in [5.41, 5.74) is 0.793. The molecule has 0 unspecified atom stereocenters. The van der Waals surface area contributed by atoms with E-state index in [-0.39, 0.29) is 12.3 Å². The molecule has 6 heteroatoms. The molecule has 0 bridgehead atoms. The average molecular weight is 334 g/mol. The molecule has 0 saturated carbocycles. The summed E-state index contributed by atoms with van der Waals surface area (Å²) in [4.78, 5) is 24.2. The standard InChI is InChI=1S/C17H16ClNO4/c1-22-14-7-12(8-15(9-14)23-2)17(21)19-10-16(20)11-4-3-5-13(18)6-11/h3-9H,10H2,1-2H3,(H,19,21). The second-order valence-electron chi connectivity index (χ2n) is 4.72. The fourth-order valence-corrected chi connectivity index (χ4v) is 2.16. The number of nitrogens with one attached hydrogen (secondary N) is 1. The van der Waals surface area contributed by atoms with Crippen molar-refractivity contribution in [1.29, 1.82) is 0 Å². The molecule has 0 saturated heterocycles. The predicted molar refractivity (Wildman–Crippen MR) is 87.7 cm³/mol. The molecule has 5 nitrogen and oxygen atoms in total. The van der Waals surface area contributed by atoms with Crippen molar-refractivity contribution in [2.24, 2.45) is 0 Å². The summed E-state index contributed by atoms with van der Waals surface area (Å²) >= 11 is 5.85. The van der Waals surface area contributed by atoms with Gasteiger partial charge in [0.2, 0.25) is 0 Å². The van der Waals surface area contributed by atoms with Crippen molar-refractivity contribution < 1.29 is 19.1 Å². The van der Waals surface area contributed by atoms with Gasteiger partial charge in [-0.05, 0) is 24.3 Å². The number of carbonyl (C=O) groups excluding carboxylic acids is 2. The zero-order chi connectivity index (χ0) is 16.8. The van der Waals surface area contributed by atoms with Gasteiger partial charge in [-0.25, -0.2) is 0 Å². The number of ether oxygens (including phenoxy) is 2. The van der Waals surface area contributed by atoms with Gasteiger partial charge < -0.3 is 14.8 Å². The minimum absolute atomic E-state index is 0.126. The summed E-state index contributed by atoms with van der Waals surface area (Å²) in [5, 5.41) is 3.05. The van der Waals surface area contributed by atoms with Crippen molar-refractivity contribution in [2.75, 3.05) is 20.8 Å². The van der Waals surface area contributed by atoms with Gasteiger partial charge in [0.1, 0.15) is 11.5 Å². The van der Waals surface area contributed by atoms with E-state index in [1.165, 1.54) is 14.2 Å². The van der Waals surface area contributed by atoms with Crippen LogP contribution in [0.4, 0.5) is 0 Å². The molecule has 0 heterocycles. The Morgan fingerprint density at radius 1 is 1.00 bits per heavy atom. The van der Waals surface area contributed by atoms with Crippen LogP contribution in [0.3, 0.4) is 0 Å². The van der Waals surface area contributed by atoms with Gasteiger partial charge in [-0.3, -0.25) is 9.59 Å². The maximum Gasteiger partial charge on any atom is 0.251 e. The number of carbonyl (C=O) groups is 2. The van der Waals surface area contributed by atoms with Crippen LogP contribution in [0.15, 0.2) is 42.5 Å². The largest absolute Gasteiger partial charge is 0.497 e. The minimum atomic E-state index is -0.391. The van der Waals surface area contributed by atoms with E-state index in [1.807, 2.05) is 0 Å². The van der Waals surface area contributed by atoms with E-state index in [2.05, 4.69) is 5.32 Å². The second kappa shape index (κ2) is 7.65. The van der Waals surface area contributed by atoms with Crippen molar-refractivity contribution in [3.8, 4) is 11.5 Å². The Morgan fingerprint density at radius 2 is 1.65 bits per heavy atom. The van der Waals surface area contributed by atoms with Crippen molar-refractivity contribution in [3.05, 3.63) is 58.6 Å². The fourth-order valence-electron chi connectivity index (χ4n) is 1.97. The third kappa shape index (κ3) is 4.47. The first-order valence-electron chi connectivity index (χ1n) is 6.83. The van der Waals surface area contributed by atoms with Crippen LogP contribution in [0.25, 0.3) is 0 Å². The fraction of sp³-hybridized carbons (Fsp3) is 0.176. The number of halogens is 1. The summed E-state index contributed by atoms with van der Waals surface area (Å²) in [6.45, 7) is -0.126. The lowest BCUT2D eigenvalue weighted by Crippen LogP contribution is -2.29. The molecule has 0 radical (unpaired) electrons. The van der Waals surface area contributed by atoms with E-state index in [4.69, 9.17) is 21.1 Å². The molecule has 2 rings (SSSR count). The summed E-state index contributed by atoms with van der Waals surface area (Å²) in [5.74, 6) is 0.375. The van der Waals surface area contributed by atoms with Crippen LogP contribution in [0, 0.1) is 0 Å². The lowest BCUT2D eigenvalue weighted by molar-refractivity contribution is 0.0903. The molecule has 0 aliphatic heterocycles. The van der Waals surface area contributed by atoms with Crippen molar-refractivity contribution in [2.45, 2.75) is 0 Å². The van der Waals surface area contributed by atoms with Gasteiger partial charge in [-0.2, -0.15) is 0 Å². The number of benzene rings is 2. The summed E-state index contributed by atoms with van der Waals surface area (Å²) in [6, 6.07) is 11.4. The molecule has 1 amide bonds. The normalized spacial score (nSPS) is 10.0. The van der Waals surface area contributed by atoms with Gasteiger partial charge in [-0.1, -0.05) is 23.7 Å². The molecule has 2 aromatic carbocycles. The Hall–Kier alpha value is -2.53. The maximum absolute atomic E-state index is 12.2. The van der Waals surface area contributed by atoms with Gasteiger partial charge in [0.15, 0.2) is 5.78 Å². The Bertz CT molecular complexity index is 708. The van der Waals surface area contributed by atoms with Gasteiger partial charge in [0.25, 0.3) is 5.91 Å². The Balaban J connectivity index is 2.06. The van der Waals surface area contributed by atoms with Gasteiger partial charge in [0.05, 0.1) is 20.8 Å². The topological polar surface area (TPSA) is 64.6 Å².